The van der Waals surface area contributed by atoms with Gasteiger partial charge in [-0.05, 0) is 12.8 Å². The quantitative estimate of drug-likeness (QED) is 0.762. The Morgan fingerprint density at radius 2 is 2.36 bits per heavy atom. The number of aromatic nitrogens is 3. The zero-order valence-corrected chi connectivity index (χ0v) is 8.60. The van der Waals surface area contributed by atoms with E-state index in [0.29, 0.717) is 6.54 Å². The molecule has 0 saturated carbocycles. The third kappa shape index (κ3) is 2.30. The molecule has 0 aromatic carbocycles. The van der Waals surface area contributed by atoms with Crippen molar-refractivity contribution in [3.8, 4) is 6.07 Å². The van der Waals surface area contributed by atoms with Gasteiger partial charge in [-0.25, -0.2) is 9.67 Å². The molecular weight excluding hydrogens is 180 g/mol. The largest absolute Gasteiger partial charge is 0.388 e. The van der Waals surface area contributed by atoms with Crippen molar-refractivity contribution in [3.05, 3.63) is 12.2 Å². The Bertz CT molecular complexity index is 348. The zero-order valence-electron chi connectivity index (χ0n) is 8.60. The van der Waals surface area contributed by atoms with Gasteiger partial charge in [-0.2, -0.15) is 5.26 Å². The Kier molecular flexibility index (Phi) is 2.87. The molecule has 0 bridgehead atoms. The molecule has 0 aliphatic carbocycles. The lowest BCUT2D eigenvalue weighted by atomic mass is 9.93. The Balaban J connectivity index is 2.74. The molecule has 0 fully saturated rings. The summed E-state index contributed by atoms with van der Waals surface area (Å²) in [5.41, 5.74) is -0.833. The predicted molar refractivity (Wildman–Crippen MR) is 50.2 cm³/mol. The molecule has 0 aliphatic heterocycles. The summed E-state index contributed by atoms with van der Waals surface area (Å²) in [5, 5.41) is 22.3. The molecule has 1 N–H and O–H groups in total. The fourth-order valence-electron chi connectivity index (χ4n) is 0.933. The van der Waals surface area contributed by atoms with Crippen LogP contribution < -0.4 is 0 Å². The highest BCUT2D eigenvalue weighted by Gasteiger charge is 2.25. The monoisotopic (exact) mass is 194 g/mol. The highest BCUT2D eigenvalue weighted by Crippen LogP contribution is 2.17. The molecule has 5 nitrogen and oxygen atoms in total. The fraction of sp³-hybridized carbons (Fsp3) is 0.667. The van der Waals surface area contributed by atoms with Crippen LogP contribution in [-0.4, -0.2) is 25.5 Å². The fourth-order valence-corrected chi connectivity index (χ4v) is 0.933. The normalized spacial score (nSPS) is 15.1. The van der Waals surface area contributed by atoms with Gasteiger partial charge in [0.2, 0.25) is 0 Å². The minimum atomic E-state index is -0.833. The lowest BCUT2D eigenvalue weighted by Crippen LogP contribution is -2.36. The van der Waals surface area contributed by atoms with Crippen LogP contribution >= 0.6 is 0 Å². The summed E-state index contributed by atoms with van der Waals surface area (Å²) in [6, 6.07) is 1.84. The van der Waals surface area contributed by atoms with E-state index in [9.17, 15) is 5.11 Å². The highest BCUT2D eigenvalue weighted by atomic mass is 16.3. The van der Waals surface area contributed by atoms with Gasteiger partial charge < -0.3 is 5.11 Å². The topological polar surface area (TPSA) is 74.7 Å². The molecule has 76 valence electrons. The summed E-state index contributed by atoms with van der Waals surface area (Å²) in [5.74, 6) is 0.252. The van der Waals surface area contributed by atoms with Crippen molar-refractivity contribution < 1.29 is 5.11 Å². The summed E-state index contributed by atoms with van der Waals surface area (Å²) in [7, 11) is 0. The molecule has 0 aliphatic rings. The average molecular weight is 194 g/mol. The average Bonchev–Trinajstić information content (AvgIpc) is 2.51. The van der Waals surface area contributed by atoms with Crippen molar-refractivity contribution >= 4 is 0 Å². The van der Waals surface area contributed by atoms with Crippen molar-refractivity contribution in [3.63, 3.8) is 0 Å². The predicted octanol–water partition coefficient (Wildman–Crippen LogP) is 0.557. The van der Waals surface area contributed by atoms with Crippen LogP contribution in [0, 0.1) is 17.2 Å². The van der Waals surface area contributed by atoms with Crippen LogP contribution in [0.4, 0.5) is 0 Å². The van der Waals surface area contributed by atoms with Gasteiger partial charge in [-0.3, -0.25) is 0 Å². The number of hydrogen-bond acceptors (Lipinski definition) is 4. The van der Waals surface area contributed by atoms with Crippen LogP contribution in [-0.2, 0) is 6.54 Å². The number of nitrogens with zero attached hydrogens (tertiary/aromatic N) is 4. The lowest BCUT2D eigenvalue weighted by Gasteiger charge is -2.26. The van der Waals surface area contributed by atoms with E-state index in [0.717, 1.165) is 0 Å². The molecule has 0 spiro atoms. The van der Waals surface area contributed by atoms with Gasteiger partial charge in [0.25, 0.3) is 5.82 Å². The molecule has 1 aromatic rings. The summed E-state index contributed by atoms with van der Waals surface area (Å²) < 4.78 is 1.48. The molecule has 14 heavy (non-hydrogen) atoms. The molecule has 1 aromatic heterocycles. The maximum Gasteiger partial charge on any atom is 0.252 e. The van der Waals surface area contributed by atoms with Gasteiger partial charge in [0, 0.05) is 0 Å². The van der Waals surface area contributed by atoms with E-state index in [2.05, 4.69) is 10.1 Å². The molecule has 1 atom stereocenters. The van der Waals surface area contributed by atoms with E-state index < -0.39 is 5.60 Å². The number of hydrogen-bond donors (Lipinski definition) is 1. The van der Waals surface area contributed by atoms with E-state index in [-0.39, 0.29) is 11.7 Å². The van der Waals surface area contributed by atoms with Gasteiger partial charge in [0.05, 0.1) is 12.1 Å². The number of rotatable bonds is 3. The van der Waals surface area contributed by atoms with E-state index in [1.54, 1.807) is 6.92 Å². The van der Waals surface area contributed by atoms with Gasteiger partial charge in [0.1, 0.15) is 12.4 Å². The maximum atomic E-state index is 9.96. The van der Waals surface area contributed by atoms with Gasteiger partial charge in [-0.1, -0.05) is 13.8 Å². The van der Waals surface area contributed by atoms with Crippen LogP contribution in [0.1, 0.15) is 26.6 Å². The Labute approximate surface area is 83.0 Å². The second-order valence-electron chi connectivity index (χ2n) is 3.89. The maximum absolute atomic E-state index is 9.96. The summed E-state index contributed by atoms with van der Waals surface area (Å²) >= 11 is 0. The second-order valence-corrected chi connectivity index (χ2v) is 3.89. The van der Waals surface area contributed by atoms with Gasteiger partial charge >= 0.3 is 0 Å². The van der Waals surface area contributed by atoms with Crippen molar-refractivity contribution in [1.29, 1.82) is 5.26 Å². The van der Waals surface area contributed by atoms with Crippen LogP contribution in [0.3, 0.4) is 0 Å². The van der Waals surface area contributed by atoms with Crippen LogP contribution in [0.2, 0.25) is 0 Å². The van der Waals surface area contributed by atoms with Crippen molar-refractivity contribution in [1.82, 2.24) is 14.8 Å². The van der Waals surface area contributed by atoms with Crippen molar-refractivity contribution in [2.75, 3.05) is 0 Å². The summed E-state index contributed by atoms with van der Waals surface area (Å²) in [6.45, 7) is 5.95. The van der Waals surface area contributed by atoms with Crippen LogP contribution in [0.25, 0.3) is 0 Å². The second kappa shape index (κ2) is 3.76. The summed E-state index contributed by atoms with van der Waals surface area (Å²) in [6.07, 6.45) is 1.45. The first-order valence-corrected chi connectivity index (χ1v) is 4.47. The molecule has 1 rings (SSSR count). The Hall–Kier alpha value is -1.41. The Morgan fingerprint density at radius 1 is 1.71 bits per heavy atom. The van der Waals surface area contributed by atoms with Crippen LogP contribution in [0.5, 0.6) is 0 Å². The SMILES string of the molecule is CC(C)C(C)(O)Cn1cnc(C#N)n1. The van der Waals surface area contributed by atoms with Crippen molar-refractivity contribution in [2.24, 2.45) is 5.92 Å². The van der Waals surface area contributed by atoms with Gasteiger partial charge in [-0.15, -0.1) is 5.10 Å². The Morgan fingerprint density at radius 3 is 2.79 bits per heavy atom. The molecule has 0 saturated heterocycles. The standard InChI is InChI=1S/C9H14N4O/c1-7(2)9(3,14)5-13-6-11-8(4-10)12-13/h6-7,14H,5H2,1-3H3. The van der Waals surface area contributed by atoms with E-state index in [1.807, 2.05) is 19.9 Å². The lowest BCUT2D eigenvalue weighted by molar-refractivity contribution is -0.00578. The number of nitriles is 1. The summed E-state index contributed by atoms with van der Waals surface area (Å²) in [4.78, 5) is 3.76. The van der Waals surface area contributed by atoms with Gasteiger partial charge in [0.15, 0.2) is 0 Å². The third-order valence-electron chi connectivity index (χ3n) is 2.36. The van der Waals surface area contributed by atoms with E-state index in [4.69, 9.17) is 5.26 Å². The first-order valence-electron chi connectivity index (χ1n) is 4.47. The first kappa shape index (κ1) is 10.7. The van der Waals surface area contributed by atoms with E-state index >= 15 is 0 Å². The first-order chi connectivity index (χ1) is 6.45. The molecular formula is C9H14N4O. The molecule has 5 heteroatoms. The molecule has 1 unspecified atom stereocenters. The minimum Gasteiger partial charge on any atom is -0.388 e. The van der Waals surface area contributed by atoms with E-state index in [1.165, 1.54) is 11.0 Å². The smallest absolute Gasteiger partial charge is 0.252 e. The van der Waals surface area contributed by atoms with Crippen molar-refractivity contribution in [2.45, 2.75) is 32.9 Å². The minimum absolute atomic E-state index is 0.122. The molecule has 1 heterocycles. The third-order valence-corrected chi connectivity index (χ3v) is 2.36. The number of aliphatic hydroxyl groups is 1. The molecule has 0 radical (unpaired) electrons. The van der Waals surface area contributed by atoms with Crippen LogP contribution in [0.15, 0.2) is 6.33 Å². The molecule has 0 amide bonds. The highest BCUT2D eigenvalue weighted by molar-refractivity contribution is 5.05. The zero-order chi connectivity index (χ0) is 10.8.